The molecule has 0 atom stereocenters. The van der Waals surface area contributed by atoms with Crippen LogP contribution in [0.5, 0.6) is 0 Å². The summed E-state index contributed by atoms with van der Waals surface area (Å²) in [6.45, 7) is 4.30. The summed E-state index contributed by atoms with van der Waals surface area (Å²) in [6.07, 6.45) is 6.33. The number of nitrogens with zero attached hydrogens (tertiary/aromatic N) is 2. The molecule has 1 aliphatic rings. The molecule has 0 bridgehead atoms. The van der Waals surface area contributed by atoms with Crippen LogP contribution in [0.25, 0.3) is 0 Å². The number of anilines is 1. The van der Waals surface area contributed by atoms with Crippen molar-refractivity contribution < 1.29 is 0 Å². The highest BCUT2D eigenvalue weighted by molar-refractivity contribution is 14.0. The second-order valence-electron chi connectivity index (χ2n) is 3.90. The summed E-state index contributed by atoms with van der Waals surface area (Å²) in [5.74, 6) is 3.43. The monoisotopic (exact) mass is 355 g/mol. The Hall–Kier alpha value is -1.22. The topological polar surface area (TPSA) is 27.6 Å². The van der Waals surface area contributed by atoms with Crippen LogP contribution in [0.15, 0.2) is 29.3 Å². The molecule has 1 aromatic carbocycles. The number of fused-ring (bicyclic) bond motifs is 1. The highest BCUT2D eigenvalue weighted by Crippen LogP contribution is 2.27. The van der Waals surface area contributed by atoms with Gasteiger partial charge in [0.25, 0.3) is 0 Å². The fourth-order valence-electron chi connectivity index (χ4n) is 2.07. The zero-order chi connectivity index (χ0) is 12.1. The lowest BCUT2D eigenvalue weighted by Gasteiger charge is -2.21. The van der Waals surface area contributed by atoms with Crippen molar-refractivity contribution in [3.63, 3.8) is 0 Å². The first-order valence-electron chi connectivity index (χ1n) is 5.94. The van der Waals surface area contributed by atoms with E-state index in [-0.39, 0.29) is 24.0 Å². The van der Waals surface area contributed by atoms with Crippen LogP contribution in [-0.4, -0.2) is 25.6 Å². The summed E-state index contributed by atoms with van der Waals surface area (Å²) < 4.78 is 0. The minimum atomic E-state index is 0. The van der Waals surface area contributed by atoms with Gasteiger partial charge in [0.05, 0.1) is 0 Å². The van der Waals surface area contributed by atoms with E-state index in [2.05, 4.69) is 52.3 Å². The van der Waals surface area contributed by atoms with Crippen LogP contribution >= 0.6 is 24.0 Å². The van der Waals surface area contributed by atoms with Gasteiger partial charge < -0.3 is 10.2 Å². The molecule has 18 heavy (non-hydrogen) atoms. The summed E-state index contributed by atoms with van der Waals surface area (Å²) in [4.78, 5) is 6.61. The lowest BCUT2D eigenvalue weighted by atomic mass is 10.2. The summed E-state index contributed by atoms with van der Waals surface area (Å²) >= 11 is 0. The van der Waals surface area contributed by atoms with E-state index in [9.17, 15) is 0 Å². The lowest BCUT2D eigenvalue weighted by Crippen LogP contribution is -2.40. The van der Waals surface area contributed by atoms with Crippen molar-refractivity contribution in [3.05, 3.63) is 29.8 Å². The summed E-state index contributed by atoms with van der Waals surface area (Å²) in [5.41, 5.74) is 2.61. The maximum atomic E-state index is 5.26. The number of guanidine groups is 1. The molecular formula is C14H18IN3. The van der Waals surface area contributed by atoms with E-state index in [0.29, 0.717) is 6.54 Å². The number of hydrogen-bond donors (Lipinski definition) is 1. The third-order valence-electron chi connectivity index (χ3n) is 2.80. The average molecular weight is 355 g/mol. The molecule has 1 aromatic rings. The van der Waals surface area contributed by atoms with Gasteiger partial charge in [0.2, 0.25) is 0 Å². The fourth-order valence-corrected chi connectivity index (χ4v) is 2.07. The van der Waals surface area contributed by atoms with Crippen molar-refractivity contribution in [1.29, 1.82) is 0 Å². The third-order valence-corrected chi connectivity index (χ3v) is 2.80. The summed E-state index contributed by atoms with van der Waals surface area (Å²) in [6, 6.07) is 8.43. The highest BCUT2D eigenvalue weighted by Gasteiger charge is 2.21. The number of aliphatic imine (C=N–C) groups is 1. The summed E-state index contributed by atoms with van der Waals surface area (Å²) in [5, 5.41) is 3.28. The van der Waals surface area contributed by atoms with Gasteiger partial charge in [-0.25, -0.2) is 4.99 Å². The molecule has 0 aromatic heterocycles. The van der Waals surface area contributed by atoms with Crippen molar-refractivity contribution >= 4 is 35.6 Å². The number of benzene rings is 1. The van der Waals surface area contributed by atoms with Crippen LogP contribution in [0, 0.1) is 12.3 Å². The molecule has 1 N–H and O–H groups in total. The molecule has 0 spiro atoms. The van der Waals surface area contributed by atoms with Crippen molar-refractivity contribution in [2.75, 3.05) is 24.5 Å². The molecule has 2 rings (SSSR count). The van der Waals surface area contributed by atoms with E-state index < -0.39 is 0 Å². The van der Waals surface area contributed by atoms with Crippen LogP contribution < -0.4 is 10.2 Å². The second kappa shape index (κ2) is 7.27. The van der Waals surface area contributed by atoms with E-state index in [1.807, 2.05) is 0 Å². The first kappa shape index (κ1) is 14.8. The maximum absolute atomic E-state index is 5.26. The van der Waals surface area contributed by atoms with E-state index in [0.717, 1.165) is 25.5 Å². The predicted molar refractivity (Wildman–Crippen MR) is 87.7 cm³/mol. The van der Waals surface area contributed by atoms with Gasteiger partial charge in [-0.05, 0) is 25.0 Å². The number of hydrogen-bond acceptors (Lipinski definition) is 1. The van der Waals surface area contributed by atoms with Gasteiger partial charge >= 0.3 is 0 Å². The van der Waals surface area contributed by atoms with E-state index >= 15 is 0 Å². The molecule has 0 unspecified atom stereocenters. The Labute approximate surface area is 126 Å². The molecule has 0 fully saturated rings. The predicted octanol–water partition coefficient (Wildman–Crippen LogP) is 2.27. The van der Waals surface area contributed by atoms with Crippen LogP contribution in [0.2, 0.25) is 0 Å². The number of rotatable bonds is 2. The molecule has 0 amide bonds. The van der Waals surface area contributed by atoms with Gasteiger partial charge in [-0.3, -0.25) is 0 Å². The first-order chi connectivity index (χ1) is 8.36. The van der Waals surface area contributed by atoms with Gasteiger partial charge in [-0.15, -0.1) is 30.4 Å². The van der Waals surface area contributed by atoms with Crippen LogP contribution in [0.3, 0.4) is 0 Å². The zero-order valence-electron chi connectivity index (χ0n) is 10.5. The third kappa shape index (κ3) is 3.16. The normalized spacial score (nSPS) is 13.6. The Morgan fingerprint density at radius 2 is 2.28 bits per heavy atom. The van der Waals surface area contributed by atoms with Crippen LogP contribution in [0.1, 0.15) is 12.5 Å². The molecule has 0 saturated heterocycles. The quantitative estimate of drug-likeness (QED) is 0.382. The number of nitrogens with one attached hydrogen (secondary N) is 1. The lowest BCUT2D eigenvalue weighted by molar-refractivity contribution is 0.897. The Balaban J connectivity index is 0.00000162. The SMILES string of the molecule is C#CCN=C(NCC)N1CCc2ccccc21.I. The minimum absolute atomic E-state index is 0. The molecule has 3 nitrogen and oxygen atoms in total. The fraction of sp³-hybridized carbons (Fsp3) is 0.357. The Morgan fingerprint density at radius 1 is 1.50 bits per heavy atom. The molecule has 0 radical (unpaired) electrons. The standard InChI is InChI=1S/C14H17N3.HI/c1-3-10-16-14(15-4-2)17-11-9-12-7-5-6-8-13(12)17;/h1,5-8H,4,9-11H2,2H3,(H,15,16);1H. The summed E-state index contributed by atoms with van der Waals surface area (Å²) in [7, 11) is 0. The Kier molecular flexibility index (Phi) is 5.99. The van der Waals surface area contributed by atoms with E-state index in [4.69, 9.17) is 6.42 Å². The molecule has 0 saturated carbocycles. The molecule has 1 heterocycles. The minimum Gasteiger partial charge on any atom is -0.356 e. The molecule has 0 aliphatic carbocycles. The highest BCUT2D eigenvalue weighted by atomic mass is 127. The van der Waals surface area contributed by atoms with E-state index in [1.165, 1.54) is 11.3 Å². The Bertz CT molecular complexity index is 462. The van der Waals surface area contributed by atoms with Crippen LogP contribution in [0.4, 0.5) is 5.69 Å². The zero-order valence-corrected chi connectivity index (χ0v) is 12.8. The van der Waals surface area contributed by atoms with Gasteiger partial charge in [-0.1, -0.05) is 24.1 Å². The van der Waals surface area contributed by atoms with Crippen molar-refractivity contribution in [1.82, 2.24) is 5.32 Å². The molecule has 96 valence electrons. The van der Waals surface area contributed by atoms with Gasteiger partial charge in [0.1, 0.15) is 6.54 Å². The van der Waals surface area contributed by atoms with Gasteiger partial charge in [0, 0.05) is 18.8 Å². The van der Waals surface area contributed by atoms with Gasteiger partial charge in [-0.2, -0.15) is 0 Å². The van der Waals surface area contributed by atoms with E-state index in [1.54, 1.807) is 0 Å². The smallest absolute Gasteiger partial charge is 0.199 e. The average Bonchev–Trinajstić information content (AvgIpc) is 2.78. The number of halogens is 1. The maximum Gasteiger partial charge on any atom is 0.199 e. The molecule has 1 aliphatic heterocycles. The Morgan fingerprint density at radius 3 is 3.00 bits per heavy atom. The van der Waals surface area contributed by atoms with Crippen LogP contribution in [-0.2, 0) is 6.42 Å². The van der Waals surface area contributed by atoms with Crippen molar-refractivity contribution in [3.8, 4) is 12.3 Å². The van der Waals surface area contributed by atoms with Crippen molar-refractivity contribution in [2.24, 2.45) is 4.99 Å². The first-order valence-corrected chi connectivity index (χ1v) is 5.94. The number of para-hydroxylation sites is 1. The molecule has 4 heteroatoms. The molecular weight excluding hydrogens is 337 g/mol. The largest absolute Gasteiger partial charge is 0.356 e. The van der Waals surface area contributed by atoms with Gasteiger partial charge in [0.15, 0.2) is 5.96 Å². The number of terminal acetylenes is 1. The second-order valence-corrected chi connectivity index (χ2v) is 3.90. The van der Waals surface area contributed by atoms with Crippen molar-refractivity contribution in [2.45, 2.75) is 13.3 Å².